The summed E-state index contributed by atoms with van der Waals surface area (Å²) in [5.41, 5.74) is 0.888. The number of phenolic OH excluding ortho intramolecular Hbond substituents is 1. The highest BCUT2D eigenvalue weighted by molar-refractivity contribution is 9.10. The maximum absolute atomic E-state index is 13.4. The lowest BCUT2D eigenvalue weighted by atomic mass is 9.93. The van der Waals surface area contributed by atoms with Gasteiger partial charge in [-0.15, -0.1) is 0 Å². The van der Waals surface area contributed by atoms with E-state index in [2.05, 4.69) is 15.9 Å². The van der Waals surface area contributed by atoms with E-state index in [4.69, 9.17) is 0 Å². The minimum absolute atomic E-state index is 0.0169. The highest BCUT2D eigenvalue weighted by Crippen LogP contribution is 2.37. The molecule has 0 aromatic heterocycles. The van der Waals surface area contributed by atoms with Gasteiger partial charge in [-0.25, -0.2) is 4.39 Å². The number of aromatic hydroxyl groups is 1. The Hall–Kier alpha value is -0.900. The topological polar surface area (TPSA) is 37.3 Å². The molecule has 1 atom stereocenters. The van der Waals surface area contributed by atoms with E-state index in [9.17, 15) is 14.3 Å². The average molecular weight is 275 g/mol. The van der Waals surface area contributed by atoms with Crippen molar-refractivity contribution >= 4 is 22.2 Å². The van der Waals surface area contributed by atoms with Crippen LogP contribution in [-0.4, -0.2) is 11.4 Å². The second kappa shape index (κ2) is 4.75. The number of carbonyl (C=O) groups is 1. The normalized spacial score (nSPS) is 12.5. The fourth-order valence-corrected chi connectivity index (χ4v) is 2.00. The van der Waals surface area contributed by atoms with Crippen molar-refractivity contribution in [3.05, 3.63) is 27.5 Å². The first-order valence-corrected chi connectivity index (χ1v) is 5.39. The summed E-state index contributed by atoms with van der Waals surface area (Å²) in [6.45, 7) is 3.38. The van der Waals surface area contributed by atoms with Gasteiger partial charge in [0.15, 0.2) is 0 Å². The number of phenols is 1. The Kier molecular flexibility index (Phi) is 3.85. The van der Waals surface area contributed by atoms with Gasteiger partial charge in [0.2, 0.25) is 0 Å². The predicted octanol–water partition coefficient (Wildman–Crippen LogP) is 3.29. The van der Waals surface area contributed by atoms with Crippen molar-refractivity contribution in [3.63, 3.8) is 0 Å². The van der Waals surface area contributed by atoms with Crippen molar-refractivity contribution in [1.82, 2.24) is 0 Å². The molecule has 1 unspecified atom stereocenters. The summed E-state index contributed by atoms with van der Waals surface area (Å²) in [5, 5.41) is 9.77. The Labute approximate surface area is 96.2 Å². The number of rotatable bonds is 3. The van der Waals surface area contributed by atoms with Crippen molar-refractivity contribution in [2.24, 2.45) is 0 Å². The van der Waals surface area contributed by atoms with Gasteiger partial charge in [-0.05, 0) is 40.4 Å². The van der Waals surface area contributed by atoms with Crippen LogP contribution in [-0.2, 0) is 4.79 Å². The Morgan fingerprint density at radius 1 is 1.67 bits per heavy atom. The molecule has 0 aliphatic carbocycles. The van der Waals surface area contributed by atoms with Gasteiger partial charge in [0.05, 0.1) is 4.47 Å². The van der Waals surface area contributed by atoms with Gasteiger partial charge in [0, 0.05) is 12.0 Å². The number of hydrogen-bond donors (Lipinski definition) is 1. The van der Waals surface area contributed by atoms with E-state index < -0.39 is 0 Å². The van der Waals surface area contributed by atoms with E-state index in [-0.39, 0.29) is 23.9 Å². The number of halogens is 2. The van der Waals surface area contributed by atoms with Crippen molar-refractivity contribution < 1.29 is 14.3 Å². The molecule has 82 valence electrons. The second-order valence-electron chi connectivity index (χ2n) is 3.53. The van der Waals surface area contributed by atoms with Crippen molar-refractivity contribution in [2.45, 2.75) is 26.2 Å². The fourth-order valence-electron chi connectivity index (χ4n) is 1.59. The zero-order valence-electron chi connectivity index (χ0n) is 8.55. The molecule has 4 heteroatoms. The summed E-state index contributed by atoms with van der Waals surface area (Å²) in [7, 11) is 0. The van der Waals surface area contributed by atoms with Gasteiger partial charge in [-0.2, -0.15) is 0 Å². The molecular weight excluding hydrogens is 263 g/mol. The van der Waals surface area contributed by atoms with Gasteiger partial charge < -0.3 is 9.90 Å². The average Bonchev–Trinajstić information content (AvgIpc) is 2.16. The van der Waals surface area contributed by atoms with Gasteiger partial charge in [-0.1, -0.05) is 6.92 Å². The lowest BCUT2D eigenvalue weighted by Gasteiger charge is -2.15. The first-order chi connectivity index (χ1) is 6.99. The molecule has 0 bridgehead atoms. The predicted molar refractivity (Wildman–Crippen MR) is 59.6 cm³/mol. The van der Waals surface area contributed by atoms with Crippen LogP contribution in [0.4, 0.5) is 4.39 Å². The number of hydrogen-bond acceptors (Lipinski definition) is 2. The molecule has 2 nitrogen and oxygen atoms in total. The molecule has 0 fully saturated rings. The molecule has 1 rings (SSSR count). The largest absolute Gasteiger partial charge is 0.506 e. The van der Waals surface area contributed by atoms with Crippen LogP contribution in [0, 0.1) is 12.7 Å². The molecule has 1 aromatic carbocycles. The minimum Gasteiger partial charge on any atom is -0.506 e. The fraction of sp³-hybridized carbons (Fsp3) is 0.364. The Bertz CT molecular complexity index is 364. The monoisotopic (exact) mass is 274 g/mol. The van der Waals surface area contributed by atoms with Gasteiger partial charge in [0.1, 0.15) is 17.9 Å². The quantitative estimate of drug-likeness (QED) is 0.859. The summed E-state index contributed by atoms with van der Waals surface area (Å²) in [6, 6.07) is 1.22. The van der Waals surface area contributed by atoms with E-state index in [1.807, 2.05) is 0 Å². The van der Waals surface area contributed by atoms with Crippen molar-refractivity contribution in [1.29, 1.82) is 0 Å². The molecule has 0 aliphatic rings. The SMILES string of the molecule is Cc1c(F)cc(Br)c(O)c1C(C)CC=O. The lowest BCUT2D eigenvalue weighted by molar-refractivity contribution is -0.108. The maximum Gasteiger partial charge on any atom is 0.133 e. The van der Waals surface area contributed by atoms with Crippen LogP contribution in [0.25, 0.3) is 0 Å². The van der Waals surface area contributed by atoms with Crippen molar-refractivity contribution in [3.8, 4) is 5.75 Å². The number of carbonyl (C=O) groups excluding carboxylic acids is 1. The van der Waals surface area contributed by atoms with E-state index in [0.29, 0.717) is 15.6 Å². The minimum atomic E-state index is -0.382. The summed E-state index contributed by atoms with van der Waals surface area (Å²) >= 11 is 3.07. The zero-order chi connectivity index (χ0) is 11.6. The molecule has 0 saturated carbocycles. The molecule has 1 N–H and O–H groups in total. The van der Waals surface area contributed by atoms with Crippen LogP contribution >= 0.6 is 15.9 Å². The number of aldehydes is 1. The molecule has 0 aliphatic heterocycles. The highest BCUT2D eigenvalue weighted by atomic mass is 79.9. The summed E-state index contributed by atoms with van der Waals surface area (Å²) in [4.78, 5) is 10.4. The molecular formula is C11H12BrFO2. The molecule has 0 radical (unpaired) electrons. The van der Waals surface area contributed by atoms with E-state index in [0.717, 1.165) is 6.29 Å². The van der Waals surface area contributed by atoms with Crippen LogP contribution in [0.1, 0.15) is 30.4 Å². The van der Waals surface area contributed by atoms with Crippen LogP contribution in [0.5, 0.6) is 5.75 Å². The number of benzene rings is 1. The summed E-state index contributed by atoms with van der Waals surface area (Å²) in [5.74, 6) is -0.551. The third-order valence-corrected chi connectivity index (χ3v) is 3.04. The zero-order valence-corrected chi connectivity index (χ0v) is 10.1. The molecule has 0 amide bonds. The summed E-state index contributed by atoms with van der Waals surface area (Å²) < 4.78 is 13.7. The highest BCUT2D eigenvalue weighted by Gasteiger charge is 2.18. The molecule has 0 saturated heterocycles. The molecule has 15 heavy (non-hydrogen) atoms. The first-order valence-electron chi connectivity index (χ1n) is 4.60. The van der Waals surface area contributed by atoms with Crippen LogP contribution in [0.2, 0.25) is 0 Å². The van der Waals surface area contributed by atoms with Crippen LogP contribution in [0.3, 0.4) is 0 Å². The van der Waals surface area contributed by atoms with E-state index in [1.165, 1.54) is 6.07 Å². The lowest BCUT2D eigenvalue weighted by Crippen LogP contribution is -2.01. The molecule has 0 spiro atoms. The van der Waals surface area contributed by atoms with Gasteiger partial charge >= 0.3 is 0 Å². The van der Waals surface area contributed by atoms with Gasteiger partial charge in [-0.3, -0.25) is 0 Å². The molecule has 1 aromatic rings. The Balaban J connectivity index is 3.31. The van der Waals surface area contributed by atoms with Crippen LogP contribution < -0.4 is 0 Å². The first kappa shape index (κ1) is 12.2. The maximum atomic E-state index is 13.4. The van der Waals surface area contributed by atoms with Crippen molar-refractivity contribution in [2.75, 3.05) is 0 Å². The second-order valence-corrected chi connectivity index (χ2v) is 4.39. The Morgan fingerprint density at radius 3 is 2.80 bits per heavy atom. The Morgan fingerprint density at radius 2 is 2.27 bits per heavy atom. The summed E-state index contributed by atoms with van der Waals surface area (Å²) in [6.07, 6.45) is 1.03. The molecule has 0 heterocycles. The standard InChI is InChI=1S/C11H12BrFO2/c1-6(3-4-14)10-7(2)9(13)5-8(12)11(10)15/h4-6,15H,3H2,1-2H3. The van der Waals surface area contributed by atoms with Crippen LogP contribution in [0.15, 0.2) is 10.5 Å². The third kappa shape index (κ3) is 2.37. The van der Waals surface area contributed by atoms with Gasteiger partial charge in [0.25, 0.3) is 0 Å². The third-order valence-electron chi connectivity index (χ3n) is 2.44. The van der Waals surface area contributed by atoms with E-state index in [1.54, 1.807) is 13.8 Å². The smallest absolute Gasteiger partial charge is 0.133 e. The van der Waals surface area contributed by atoms with E-state index >= 15 is 0 Å².